The summed E-state index contributed by atoms with van der Waals surface area (Å²) in [6.45, 7) is 1.35. The number of hydrogen-bond acceptors (Lipinski definition) is 5. The van der Waals surface area contributed by atoms with Gasteiger partial charge in [-0.05, 0) is 55.3 Å². The predicted octanol–water partition coefficient (Wildman–Crippen LogP) is 4.79. The third-order valence-corrected chi connectivity index (χ3v) is 5.43. The van der Waals surface area contributed by atoms with E-state index >= 15 is 0 Å². The first-order valence-electron chi connectivity index (χ1n) is 9.90. The molecule has 1 aromatic heterocycles. The highest BCUT2D eigenvalue weighted by Crippen LogP contribution is 2.23. The van der Waals surface area contributed by atoms with Crippen molar-refractivity contribution in [2.24, 2.45) is 0 Å². The summed E-state index contributed by atoms with van der Waals surface area (Å²) in [4.78, 5) is 23.6. The summed E-state index contributed by atoms with van der Waals surface area (Å²) in [7, 11) is 1.67. The first kappa shape index (κ1) is 20.3. The molecule has 0 spiro atoms. The summed E-state index contributed by atoms with van der Waals surface area (Å²) < 4.78 is 5.25. The number of carbonyl (C=O) groups excluding carboxylic acids is 1. The number of aromatic nitrogens is 2. The van der Waals surface area contributed by atoms with Gasteiger partial charge < -0.3 is 15.0 Å². The molecule has 0 bridgehead atoms. The lowest BCUT2D eigenvalue weighted by Gasteiger charge is -2.24. The quantitative estimate of drug-likeness (QED) is 0.618. The van der Waals surface area contributed by atoms with Gasteiger partial charge in [0.2, 0.25) is 5.95 Å². The molecule has 0 unspecified atom stereocenters. The Labute approximate surface area is 180 Å². The van der Waals surface area contributed by atoms with Gasteiger partial charge in [-0.1, -0.05) is 23.7 Å². The summed E-state index contributed by atoms with van der Waals surface area (Å²) in [6.07, 6.45) is 3.71. The predicted molar refractivity (Wildman–Crippen MR) is 118 cm³/mol. The Morgan fingerprint density at radius 2 is 1.93 bits per heavy atom. The molecule has 2 heterocycles. The second-order valence-electron chi connectivity index (χ2n) is 7.22. The van der Waals surface area contributed by atoms with Crippen LogP contribution in [0.25, 0.3) is 11.3 Å². The van der Waals surface area contributed by atoms with Gasteiger partial charge in [-0.2, -0.15) is 0 Å². The number of hydrogen-bond donors (Lipinski definition) is 1. The maximum Gasteiger partial charge on any atom is 0.254 e. The van der Waals surface area contributed by atoms with Crippen LogP contribution in [0.5, 0.6) is 0 Å². The van der Waals surface area contributed by atoms with Gasteiger partial charge in [0.1, 0.15) is 0 Å². The fraction of sp³-hybridized carbons (Fsp3) is 0.261. The van der Waals surface area contributed by atoms with Crippen LogP contribution in [-0.4, -0.2) is 47.1 Å². The number of nitrogens with one attached hydrogen (secondary N) is 1. The van der Waals surface area contributed by atoms with Gasteiger partial charge in [-0.25, -0.2) is 9.97 Å². The second kappa shape index (κ2) is 9.24. The first-order valence-corrected chi connectivity index (χ1v) is 10.3. The number of carbonyl (C=O) groups is 1. The highest BCUT2D eigenvalue weighted by Gasteiger charge is 2.29. The van der Waals surface area contributed by atoms with Crippen molar-refractivity contribution < 1.29 is 9.53 Å². The average Bonchev–Trinajstić information content (AvgIpc) is 3.23. The molecule has 7 heteroatoms. The standard InChI is InChI=1S/C23H23ClN4O2/c1-30-15-20-3-2-14-28(20)22(29)17-6-10-19(11-7-17)26-23-25-13-12-21(27-23)16-4-8-18(24)9-5-16/h4-13,20H,2-3,14-15H2,1H3,(H,25,26,27)/t20-/m1/s1. The number of halogens is 1. The Morgan fingerprint density at radius 3 is 2.67 bits per heavy atom. The van der Waals surface area contributed by atoms with E-state index in [9.17, 15) is 4.79 Å². The van der Waals surface area contributed by atoms with Crippen molar-refractivity contribution in [1.82, 2.24) is 14.9 Å². The molecule has 2 aromatic carbocycles. The normalized spacial score (nSPS) is 15.9. The molecule has 4 rings (SSSR count). The summed E-state index contributed by atoms with van der Waals surface area (Å²) in [5.41, 5.74) is 3.24. The molecule has 1 N–H and O–H groups in total. The zero-order valence-electron chi connectivity index (χ0n) is 16.7. The lowest BCUT2D eigenvalue weighted by Crippen LogP contribution is -2.38. The number of amides is 1. The Kier molecular flexibility index (Phi) is 6.26. The highest BCUT2D eigenvalue weighted by molar-refractivity contribution is 6.30. The lowest BCUT2D eigenvalue weighted by molar-refractivity contribution is 0.0630. The van der Waals surface area contributed by atoms with E-state index in [2.05, 4.69) is 15.3 Å². The molecule has 0 radical (unpaired) electrons. The number of methoxy groups -OCH3 is 1. The summed E-state index contributed by atoms with van der Waals surface area (Å²) >= 11 is 5.96. The molecule has 3 aromatic rings. The van der Waals surface area contributed by atoms with Crippen LogP contribution >= 0.6 is 11.6 Å². The third-order valence-electron chi connectivity index (χ3n) is 5.18. The van der Waals surface area contributed by atoms with Crippen molar-refractivity contribution >= 4 is 29.1 Å². The van der Waals surface area contributed by atoms with Crippen LogP contribution in [0.15, 0.2) is 60.8 Å². The molecular weight excluding hydrogens is 400 g/mol. The molecule has 154 valence electrons. The van der Waals surface area contributed by atoms with Crippen molar-refractivity contribution in [3.8, 4) is 11.3 Å². The molecular formula is C23H23ClN4O2. The monoisotopic (exact) mass is 422 g/mol. The molecule has 30 heavy (non-hydrogen) atoms. The molecule has 1 amide bonds. The van der Waals surface area contributed by atoms with Gasteiger partial charge in [0.25, 0.3) is 5.91 Å². The largest absolute Gasteiger partial charge is 0.383 e. The van der Waals surface area contributed by atoms with E-state index in [1.54, 1.807) is 13.3 Å². The Morgan fingerprint density at radius 1 is 1.17 bits per heavy atom. The summed E-state index contributed by atoms with van der Waals surface area (Å²) in [5.74, 6) is 0.531. The minimum atomic E-state index is 0.0436. The Balaban J connectivity index is 1.45. The SMILES string of the molecule is COC[C@H]1CCCN1C(=O)c1ccc(Nc2nccc(-c3ccc(Cl)cc3)n2)cc1. The molecule has 1 saturated heterocycles. The molecule has 0 saturated carbocycles. The Bertz CT molecular complexity index is 1010. The molecule has 0 aliphatic carbocycles. The van der Waals surface area contributed by atoms with Crippen LogP contribution in [0.4, 0.5) is 11.6 Å². The van der Waals surface area contributed by atoms with Crippen LogP contribution in [0.3, 0.4) is 0 Å². The number of likely N-dealkylation sites (tertiary alicyclic amines) is 1. The highest BCUT2D eigenvalue weighted by atomic mass is 35.5. The molecule has 1 aliphatic rings. The van der Waals surface area contributed by atoms with Crippen molar-refractivity contribution in [3.05, 3.63) is 71.4 Å². The number of benzene rings is 2. The average molecular weight is 423 g/mol. The van der Waals surface area contributed by atoms with Crippen molar-refractivity contribution in [2.45, 2.75) is 18.9 Å². The Hall–Kier alpha value is -2.96. The molecule has 1 fully saturated rings. The first-order chi connectivity index (χ1) is 14.6. The van der Waals surface area contributed by atoms with Gasteiger partial charge in [0, 0.05) is 41.7 Å². The third kappa shape index (κ3) is 4.61. The van der Waals surface area contributed by atoms with Crippen LogP contribution in [0, 0.1) is 0 Å². The zero-order valence-corrected chi connectivity index (χ0v) is 17.5. The number of nitrogens with zero attached hydrogens (tertiary/aromatic N) is 3. The van der Waals surface area contributed by atoms with Gasteiger partial charge in [0.05, 0.1) is 18.3 Å². The van der Waals surface area contributed by atoms with E-state index in [1.165, 1.54) is 0 Å². The van der Waals surface area contributed by atoms with Gasteiger partial charge in [0.15, 0.2) is 0 Å². The van der Waals surface area contributed by atoms with Gasteiger partial charge in [-0.15, -0.1) is 0 Å². The van der Waals surface area contributed by atoms with Crippen LogP contribution in [0.1, 0.15) is 23.2 Å². The number of anilines is 2. The van der Waals surface area contributed by atoms with E-state index in [1.807, 2.05) is 59.5 Å². The lowest BCUT2D eigenvalue weighted by atomic mass is 10.1. The number of ether oxygens (including phenoxy) is 1. The topological polar surface area (TPSA) is 67.3 Å². The van der Waals surface area contributed by atoms with E-state index in [4.69, 9.17) is 16.3 Å². The fourth-order valence-corrected chi connectivity index (χ4v) is 3.79. The maximum atomic E-state index is 12.8. The van der Waals surface area contributed by atoms with Crippen molar-refractivity contribution in [3.63, 3.8) is 0 Å². The zero-order chi connectivity index (χ0) is 20.9. The van der Waals surface area contributed by atoms with Crippen LogP contribution < -0.4 is 5.32 Å². The molecule has 1 aliphatic heterocycles. The number of rotatable bonds is 6. The van der Waals surface area contributed by atoms with E-state index in [-0.39, 0.29) is 11.9 Å². The van der Waals surface area contributed by atoms with Crippen molar-refractivity contribution in [1.29, 1.82) is 0 Å². The minimum absolute atomic E-state index is 0.0436. The summed E-state index contributed by atoms with van der Waals surface area (Å²) in [6, 6.07) is 16.9. The smallest absolute Gasteiger partial charge is 0.254 e. The maximum absolute atomic E-state index is 12.8. The van der Waals surface area contributed by atoms with E-state index in [0.717, 1.165) is 36.3 Å². The van der Waals surface area contributed by atoms with E-state index in [0.29, 0.717) is 23.1 Å². The minimum Gasteiger partial charge on any atom is -0.383 e. The van der Waals surface area contributed by atoms with Gasteiger partial charge in [-0.3, -0.25) is 4.79 Å². The van der Waals surface area contributed by atoms with Gasteiger partial charge >= 0.3 is 0 Å². The second-order valence-corrected chi connectivity index (χ2v) is 7.66. The van der Waals surface area contributed by atoms with Crippen LogP contribution in [0.2, 0.25) is 5.02 Å². The fourth-order valence-electron chi connectivity index (χ4n) is 3.66. The molecule has 6 nitrogen and oxygen atoms in total. The van der Waals surface area contributed by atoms with E-state index < -0.39 is 0 Å². The van der Waals surface area contributed by atoms with Crippen LogP contribution in [-0.2, 0) is 4.74 Å². The molecule has 1 atom stereocenters. The summed E-state index contributed by atoms with van der Waals surface area (Å²) in [5, 5.41) is 3.88. The van der Waals surface area contributed by atoms with Crippen molar-refractivity contribution in [2.75, 3.05) is 25.6 Å².